The average molecular weight is 353 g/mol. The minimum absolute atomic E-state index is 0.0565. The van der Waals surface area contributed by atoms with Crippen molar-refractivity contribution >= 4 is 5.91 Å². The van der Waals surface area contributed by atoms with E-state index in [0.29, 0.717) is 0 Å². The highest BCUT2D eigenvalue weighted by Crippen LogP contribution is 2.29. The van der Waals surface area contributed by atoms with E-state index in [-0.39, 0.29) is 5.56 Å². The monoisotopic (exact) mass is 353 g/mol. The lowest BCUT2D eigenvalue weighted by molar-refractivity contribution is -0.175. The number of H-pyrrole nitrogens is 1. The normalized spacial score (nSPS) is 27.2. The third kappa shape index (κ3) is 3.34. The van der Waals surface area contributed by atoms with E-state index in [1.165, 1.54) is 6.92 Å². The Hall–Kier alpha value is -2.18. The van der Waals surface area contributed by atoms with Gasteiger partial charge in [0.05, 0.1) is 6.61 Å². The molecular weight excluding hydrogens is 339 g/mol. The molecule has 2 rings (SSSR count). The number of nitrogens with one attached hydrogen (secondary N) is 2. The van der Waals surface area contributed by atoms with E-state index in [0.717, 1.165) is 10.8 Å². The zero-order valence-electron chi connectivity index (χ0n) is 12.2. The fourth-order valence-corrected chi connectivity index (χ4v) is 2.30. The highest BCUT2D eigenvalue weighted by atomic mass is 19.4. The van der Waals surface area contributed by atoms with E-state index in [1.54, 1.807) is 5.32 Å². The fraction of sp³-hybridized carbons (Fsp3) is 0.583. The van der Waals surface area contributed by atoms with Crippen LogP contribution in [-0.2, 0) is 9.53 Å². The van der Waals surface area contributed by atoms with Crippen molar-refractivity contribution in [1.29, 1.82) is 0 Å². The first-order valence-electron chi connectivity index (χ1n) is 6.70. The number of aliphatic hydroxyl groups excluding tert-OH is 2. The molecular formula is C12H14F3N3O6. The topological polar surface area (TPSA) is 134 Å². The molecule has 0 bridgehead atoms. The molecule has 0 aromatic carbocycles. The zero-order chi connectivity index (χ0) is 18.2. The smallest absolute Gasteiger partial charge is 0.394 e. The number of ether oxygens (including phenoxy) is 1. The van der Waals surface area contributed by atoms with Gasteiger partial charge in [-0.05, 0) is 6.92 Å². The molecule has 0 spiro atoms. The Morgan fingerprint density at radius 3 is 2.62 bits per heavy atom. The van der Waals surface area contributed by atoms with Crippen LogP contribution in [0.4, 0.5) is 13.2 Å². The molecule has 1 saturated heterocycles. The summed E-state index contributed by atoms with van der Waals surface area (Å²) in [7, 11) is 0. The Morgan fingerprint density at radius 1 is 1.46 bits per heavy atom. The number of amides is 1. The van der Waals surface area contributed by atoms with Gasteiger partial charge in [0.1, 0.15) is 18.2 Å². The molecule has 0 radical (unpaired) electrons. The van der Waals surface area contributed by atoms with Crippen molar-refractivity contribution in [2.75, 3.05) is 6.61 Å². The zero-order valence-corrected chi connectivity index (χ0v) is 12.2. The predicted molar refractivity (Wildman–Crippen MR) is 71.0 cm³/mol. The molecule has 24 heavy (non-hydrogen) atoms. The number of nitrogens with zero attached hydrogens (tertiary/aromatic N) is 1. The first kappa shape index (κ1) is 18.2. The maximum atomic E-state index is 12.4. The number of aryl methyl sites for hydroxylation is 1. The Morgan fingerprint density at radius 2 is 2.08 bits per heavy atom. The molecule has 1 aromatic heterocycles. The third-order valence-electron chi connectivity index (χ3n) is 3.53. The summed E-state index contributed by atoms with van der Waals surface area (Å²) in [5.74, 6) is -2.34. The molecule has 134 valence electrons. The molecule has 1 aliphatic heterocycles. The van der Waals surface area contributed by atoms with Crippen LogP contribution in [0.3, 0.4) is 0 Å². The number of hydrogen-bond acceptors (Lipinski definition) is 6. The number of aromatic amines is 1. The Bertz CT molecular complexity index is 743. The van der Waals surface area contributed by atoms with E-state index in [9.17, 15) is 32.7 Å². The van der Waals surface area contributed by atoms with Crippen LogP contribution in [0.2, 0.25) is 0 Å². The van der Waals surface area contributed by atoms with Crippen LogP contribution in [0.5, 0.6) is 0 Å². The summed E-state index contributed by atoms with van der Waals surface area (Å²) in [6.45, 7) is 0.583. The van der Waals surface area contributed by atoms with Gasteiger partial charge >= 0.3 is 17.8 Å². The highest BCUT2D eigenvalue weighted by Gasteiger charge is 2.49. The SMILES string of the molecule is Cc1cn([C@@H]2O[C@@H](CO)[C@H](O)[C@H]2NC(=O)C(F)(F)F)c(=O)[nH]c1=O. The maximum Gasteiger partial charge on any atom is 0.471 e. The van der Waals surface area contributed by atoms with Gasteiger partial charge in [-0.2, -0.15) is 13.2 Å². The van der Waals surface area contributed by atoms with Gasteiger partial charge in [0.15, 0.2) is 6.23 Å². The number of hydrogen-bond donors (Lipinski definition) is 4. The summed E-state index contributed by atoms with van der Waals surface area (Å²) in [5.41, 5.74) is -1.65. The van der Waals surface area contributed by atoms with Gasteiger partial charge in [0, 0.05) is 11.8 Å². The standard InChI is InChI=1S/C12H14F3N3O6/c1-4-2-18(11(23)17-8(4)21)9-6(7(20)5(3-19)24-9)16-10(22)12(13,14)15/h2,5-7,9,19-20H,3H2,1H3,(H,16,22)(H,17,21,23)/t5-,6+,7-,9+/m0/s1. The number of alkyl halides is 3. The van der Waals surface area contributed by atoms with Crippen LogP contribution in [0.1, 0.15) is 11.8 Å². The number of rotatable bonds is 3. The number of aromatic nitrogens is 2. The van der Waals surface area contributed by atoms with Crippen molar-refractivity contribution in [2.24, 2.45) is 0 Å². The van der Waals surface area contributed by atoms with Crippen LogP contribution in [0, 0.1) is 6.92 Å². The van der Waals surface area contributed by atoms with Gasteiger partial charge in [0.25, 0.3) is 5.56 Å². The molecule has 4 N–H and O–H groups in total. The summed E-state index contributed by atoms with van der Waals surface area (Å²) in [4.78, 5) is 36.3. The molecule has 0 saturated carbocycles. The van der Waals surface area contributed by atoms with Crippen LogP contribution in [0.15, 0.2) is 15.8 Å². The minimum Gasteiger partial charge on any atom is -0.394 e. The second-order valence-corrected chi connectivity index (χ2v) is 5.21. The van der Waals surface area contributed by atoms with E-state index >= 15 is 0 Å². The summed E-state index contributed by atoms with van der Waals surface area (Å²) in [5, 5.41) is 20.6. The molecule has 12 heteroatoms. The molecule has 1 fully saturated rings. The molecule has 9 nitrogen and oxygen atoms in total. The van der Waals surface area contributed by atoms with E-state index < -0.39 is 54.4 Å². The van der Waals surface area contributed by atoms with Gasteiger partial charge in [-0.3, -0.25) is 19.1 Å². The van der Waals surface area contributed by atoms with Crippen LogP contribution >= 0.6 is 0 Å². The predicted octanol–water partition coefficient (Wildman–Crippen LogP) is -1.86. The van der Waals surface area contributed by atoms with Gasteiger partial charge in [-0.15, -0.1) is 0 Å². The molecule has 4 atom stereocenters. The lowest BCUT2D eigenvalue weighted by atomic mass is 10.1. The summed E-state index contributed by atoms with van der Waals surface area (Å²) in [6.07, 6.45) is -8.78. The van der Waals surface area contributed by atoms with Gasteiger partial charge in [-0.1, -0.05) is 0 Å². The van der Waals surface area contributed by atoms with Crippen molar-refractivity contribution in [3.05, 3.63) is 32.6 Å². The third-order valence-corrected chi connectivity index (χ3v) is 3.53. The fourth-order valence-electron chi connectivity index (χ4n) is 2.30. The first-order valence-corrected chi connectivity index (χ1v) is 6.70. The molecule has 0 unspecified atom stereocenters. The summed E-state index contributed by atoms with van der Waals surface area (Å²) < 4.78 is 43.2. The lowest BCUT2D eigenvalue weighted by Crippen LogP contribution is -2.52. The number of aliphatic hydroxyl groups is 2. The second-order valence-electron chi connectivity index (χ2n) is 5.21. The van der Waals surface area contributed by atoms with E-state index in [1.807, 2.05) is 4.98 Å². The second kappa shape index (κ2) is 6.37. The number of carbonyl (C=O) groups excluding carboxylic acids is 1. The minimum atomic E-state index is -5.21. The summed E-state index contributed by atoms with van der Waals surface area (Å²) in [6, 6.07) is -1.67. The van der Waals surface area contributed by atoms with Crippen molar-refractivity contribution in [3.63, 3.8) is 0 Å². The van der Waals surface area contributed by atoms with Gasteiger partial charge in [-0.25, -0.2) is 4.79 Å². The molecule has 1 amide bonds. The van der Waals surface area contributed by atoms with Gasteiger partial charge in [0.2, 0.25) is 0 Å². The van der Waals surface area contributed by atoms with E-state index in [2.05, 4.69) is 0 Å². The van der Waals surface area contributed by atoms with Crippen LogP contribution in [0.25, 0.3) is 0 Å². The molecule has 1 aromatic rings. The van der Waals surface area contributed by atoms with Crippen molar-refractivity contribution < 1.29 is 32.9 Å². The maximum absolute atomic E-state index is 12.4. The van der Waals surface area contributed by atoms with Crippen molar-refractivity contribution in [2.45, 2.75) is 37.6 Å². The summed E-state index contributed by atoms with van der Waals surface area (Å²) >= 11 is 0. The first-order chi connectivity index (χ1) is 11.1. The quantitative estimate of drug-likeness (QED) is 0.504. The average Bonchev–Trinajstić information content (AvgIpc) is 2.78. The van der Waals surface area contributed by atoms with Gasteiger partial charge < -0.3 is 20.3 Å². The Labute approximate surface area is 131 Å². The van der Waals surface area contributed by atoms with E-state index in [4.69, 9.17) is 9.84 Å². The Kier molecular flexibility index (Phi) is 4.82. The van der Waals surface area contributed by atoms with Crippen molar-refractivity contribution in [3.8, 4) is 0 Å². The van der Waals surface area contributed by atoms with Crippen molar-refractivity contribution in [1.82, 2.24) is 14.9 Å². The Balaban J connectivity index is 2.42. The molecule has 0 aliphatic carbocycles. The lowest BCUT2D eigenvalue weighted by Gasteiger charge is -2.23. The van der Waals surface area contributed by atoms with Crippen LogP contribution in [-0.4, -0.2) is 56.7 Å². The number of halogens is 3. The van der Waals surface area contributed by atoms with Crippen LogP contribution < -0.4 is 16.6 Å². The largest absolute Gasteiger partial charge is 0.471 e. The highest BCUT2D eigenvalue weighted by molar-refractivity contribution is 5.82. The molecule has 2 heterocycles. The number of carbonyl (C=O) groups is 1. The molecule has 1 aliphatic rings.